The van der Waals surface area contributed by atoms with E-state index in [4.69, 9.17) is 11.6 Å². The molecule has 1 saturated heterocycles. The summed E-state index contributed by atoms with van der Waals surface area (Å²) in [6, 6.07) is 14.1. The zero-order valence-electron chi connectivity index (χ0n) is 17.3. The molecule has 1 saturated carbocycles. The first-order valence-electron chi connectivity index (χ1n) is 10.9. The van der Waals surface area contributed by atoms with E-state index in [-0.39, 0.29) is 11.7 Å². The van der Waals surface area contributed by atoms with Crippen LogP contribution in [-0.4, -0.2) is 34.4 Å². The van der Waals surface area contributed by atoms with Gasteiger partial charge in [-0.1, -0.05) is 17.7 Å². The number of likely N-dealkylation sites (tertiary alicyclic amines) is 1. The van der Waals surface area contributed by atoms with Gasteiger partial charge in [-0.15, -0.1) is 0 Å². The minimum Gasteiger partial charge on any atom is -0.324 e. The predicted octanol–water partition coefficient (Wildman–Crippen LogP) is 5.77. The second kappa shape index (κ2) is 8.21. The van der Waals surface area contributed by atoms with E-state index in [1.165, 1.54) is 6.07 Å². The Morgan fingerprint density at radius 3 is 2.65 bits per heavy atom. The number of pyridine rings is 1. The van der Waals surface area contributed by atoms with Gasteiger partial charge in [0.2, 0.25) is 5.91 Å². The van der Waals surface area contributed by atoms with Crippen molar-refractivity contribution >= 4 is 34.1 Å². The number of carbonyl (C=O) groups excluding carboxylic acids is 1. The van der Waals surface area contributed by atoms with Gasteiger partial charge < -0.3 is 5.32 Å². The molecule has 4 nitrogen and oxygen atoms in total. The van der Waals surface area contributed by atoms with Crippen LogP contribution in [0.5, 0.6) is 0 Å². The van der Waals surface area contributed by atoms with Crippen molar-refractivity contribution in [3.8, 4) is 0 Å². The number of rotatable bonds is 4. The maximum atomic E-state index is 13.9. The number of piperidine rings is 1. The summed E-state index contributed by atoms with van der Waals surface area (Å²) < 4.78 is 13.9. The van der Waals surface area contributed by atoms with Crippen LogP contribution in [0.2, 0.25) is 5.02 Å². The van der Waals surface area contributed by atoms with Gasteiger partial charge in [-0.05, 0) is 99.1 Å². The summed E-state index contributed by atoms with van der Waals surface area (Å²) in [7, 11) is 0. The first-order valence-corrected chi connectivity index (χ1v) is 11.3. The van der Waals surface area contributed by atoms with E-state index < -0.39 is 5.54 Å². The molecule has 0 spiro atoms. The number of hydrogen-bond donors (Lipinski definition) is 1. The zero-order valence-corrected chi connectivity index (χ0v) is 18.0. The summed E-state index contributed by atoms with van der Waals surface area (Å²) >= 11 is 6.07. The third-order valence-electron chi connectivity index (χ3n) is 6.96. The summed E-state index contributed by atoms with van der Waals surface area (Å²) in [5.74, 6) is 0.179. The quantitative estimate of drug-likeness (QED) is 0.563. The average molecular weight is 438 g/mol. The maximum Gasteiger partial charge on any atom is 0.244 e. The molecule has 1 amide bonds. The topological polar surface area (TPSA) is 45.2 Å². The molecule has 160 valence electrons. The van der Waals surface area contributed by atoms with Crippen LogP contribution in [0.1, 0.15) is 43.6 Å². The van der Waals surface area contributed by atoms with Crippen LogP contribution in [0.15, 0.2) is 54.7 Å². The number of halogens is 2. The van der Waals surface area contributed by atoms with E-state index in [0.29, 0.717) is 10.9 Å². The lowest BCUT2D eigenvalue weighted by Crippen LogP contribution is -2.62. The lowest BCUT2D eigenvalue weighted by Gasteiger charge is -2.51. The van der Waals surface area contributed by atoms with Crippen LogP contribution in [0.25, 0.3) is 10.9 Å². The fourth-order valence-corrected chi connectivity index (χ4v) is 5.32. The minimum absolute atomic E-state index is 0.0656. The number of fused-ring (bicyclic) bond motifs is 1. The Morgan fingerprint density at radius 1 is 1.13 bits per heavy atom. The normalized spacial score (nSPS) is 19.2. The molecule has 1 aliphatic carbocycles. The fourth-order valence-electron chi connectivity index (χ4n) is 5.13. The van der Waals surface area contributed by atoms with Gasteiger partial charge in [0.05, 0.1) is 5.52 Å². The number of hydrogen-bond acceptors (Lipinski definition) is 3. The Balaban J connectivity index is 1.31. The largest absolute Gasteiger partial charge is 0.324 e. The lowest BCUT2D eigenvalue weighted by atomic mass is 9.72. The van der Waals surface area contributed by atoms with Crippen molar-refractivity contribution < 1.29 is 9.18 Å². The zero-order chi connectivity index (χ0) is 21.4. The Bertz CT molecular complexity index is 1120. The maximum absolute atomic E-state index is 13.9. The molecule has 2 heterocycles. The van der Waals surface area contributed by atoms with E-state index >= 15 is 0 Å². The smallest absolute Gasteiger partial charge is 0.244 e. The molecular formula is C25H25ClFN3O. The number of benzene rings is 2. The molecule has 0 atom stereocenters. The molecule has 1 aromatic heterocycles. The minimum atomic E-state index is -0.431. The molecule has 5 rings (SSSR count). The molecule has 0 unspecified atom stereocenters. The van der Waals surface area contributed by atoms with Crippen LogP contribution in [0, 0.1) is 5.82 Å². The number of aromatic nitrogens is 1. The second-order valence-corrected chi connectivity index (χ2v) is 9.11. The third-order valence-corrected chi connectivity index (χ3v) is 7.20. The van der Waals surface area contributed by atoms with Gasteiger partial charge in [-0.25, -0.2) is 4.39 Å². The number of carbonyl (C=O) groups is 1. The molecule has 31 heavy (non-hydrogen) atoms. The van der Waals surface area contributed by atoms with E-state index in [9.17, 15) is 9.18 Å². The first-order chi connectivity index (χ1) is 15.0. The van der Waals surface area contributed by atoms with Crippen LogP contribution < -0.4 is 5.32 Å². The Kier molecular flexibility index (Phi) is 5.40. The number of amides is 1. The Morgan fingerprint density at radius 2 is 1.94 bits per heavy atom. The van der Waals surface area contributed by atoms with Gasteiger partial charge in [-0.2, -0.15) is 0 Å². The molecule has 0 radical (unpaired) electrons. The summed E-state index contributed by atoms with van der Waals surface area (Å²) in [5, 5.41) is 4.60. The summed E-state index contributed by atoms with van der Waals surface area (Å²) in [5.41, 5.74) is 2.30. The van der Waals surface area contributed by atoms with Crippen LogP contribution >= 0.6 is 11.6 Å². The van der Waals surface area contributed by atoms with Crippen molar-refractivity contribution in [2.24, 2.45) is 0 Å². The third kappa shape index (κ3) is 3.81. The lowest BCUT2D eigenvalue weighted by molar-refractivity contribution is -0.135. The van der Waals surface area contributed by atoms with Crippen LogP contribution in [0.3, 0.4) is 0 Å². The van der Waals surface area contributed by atoms with E-state index in [0.717, 1.165) is 67.3 Å². The average Bonchev–Trinajstić information content (AvgIpc) is 2.73. The van der Waals surface area contributed by atoms with E-state index in [1.807, 2.05) is 24.4 Å². The highest BCUT2D eigenvalue weighted by atomic mass is 35.5. The Hall–Kier alpha value is -2.50. The number of nitrogens with zero attached hydrogens (tertiary/aromatic N) is 2. The molecule has 3 aromatic rings. The fraction of sp³-hybridized carbons (Fsp3) is 0.360. The molecule has 2 aromatic carbocycles. The van der Waals surface area contributed by atoms with Crippen LogP contribution in [0.4, 0.5) is 10.1 Å². The second-order valence-electron chi connectivity index (χ2n) is 8.67. The molecule has 2 aliphatic rings. The van der Waals surface area contributed by atoms with Crippen molar-refractivity contribution in [3.05, 3.63) is 71.1 Å². The molecule has 1 N–H and O–H groups in total. The van der Waals surface area contributed by atoms with Crippen molar-refractivity contribution in [1.29, 1.82) is 0 Å². The van der Waals surface area contributed by atoms with Gasteiger partial charge in [0.25, 0.3) is 0 Å². The summed E-state index contributed by atoms with van der Waals surface area (Å²) in [4.78, 5) is 20.0. The van der Waals surface area contributed by atoms with Crippen molar-refractivity contribution in [2.45, 2.75) is 43.6 Å². The van der Waals surface area contributed by atoms with Crippen LogP contribution in [-0.2, 0) is 4.79 Å². The van der Waals surface area contributed by atoms with Crippen molar-refractivity contribution in [3.63, 3.8) is 0 Å². The summed E-state index contributed by atoms with van der Waals surface area (Å²) in [6.07, 6.45) is 6.54. The first kappa shape index (κ1) is 20.4. The monoisotopic (exact) mass is 437 g/mol. The summed E-state index contributed by atoms with van der Waals surface area (Å²) in [6.45, 7) is 1.71. The van der Waals surface area contributed by atoms with E-state index in [1.54, 1.807) is 24.3 Å². The highest BCUT2D eigenvalue weighted by Crippen LogP contribution is 2.43. The van der Waals surface area contributed by atoms with Gasteiger partial charge in [0.1, 0.15) is 11.4 Å². The highest BCUT2D eigenvalue weighted by Gasteiger charge is 2.49. The predicted molar refractivity (Wildman–Crippen MR) is 122 cm³/mol. The van der Waals surface area contributed by atoms with Gasteiger partial charge in [-0.3, -0.25) is 14.7 Å². The molecule has 0 bridgehead atoms. The van der Waals surface area contributed by atoms with Gasteiger partial charge in [0, 0.05) is 22.3 Å². The SMILES string of the molecule is O=C(Nc1cccc(Cl)c1)C1(N2CCC(c3ccnc4ccc(F)cc34)CC2)CCC1. The van der Waals surface area contributed by atoms with E-state index in [2.05, 4.69) is 15.2 Å². The highest BCUT2D eigenvalue weighted by molar-refractivity contribution is 6.30. The molecular weight excluding hydrogens is 413 g/mol. The van der Waals surface area contributed by atoms with Gasteiger partial charge >= 0.3 is 0 Å². The number of anilines is 1. The molecule has 2 fully saturated rings. The van der Waals surface area contributed by atoms with Crippen molar-refractivity contribution in [1.82, 2.24) is 9.88 Å². The number of nitrogens with one attached hydrogen (secondary N) is 1. The molecule has 1 aliphatic heterocycles. The van der Waals surface area contributed by atoms with Gasteiger partial charge in [0.15, 0.2) is 0 Å². The van der Waals surface area contributed by atoms with Crippen molar-refractivity contribution in [2.75, 3.05) is 18.4 Å². The molecule has 6 heteroatoms. The Labute approximate surface area is 186 Å². The standard InChI is InChI=1S/C25H25ClFN3O/c26-18-3-1-4-20(15-18)29-24(31)25(10-2-11-25)30-13-8-17(9-14-30)21-7-12-28-23-6-5-19(27)16-22(21)23/h1,3-7,12,15-17H,2,8-11,13-14H2,(H,29,31).